The van der Waals surface area contributed by atoms with Crippen molar-refractivity contribution < 1.29 is 13.2 Å². The molecule has 0 saturated heterocycles. The molecule has 2 N–H and O–H groups in total. The molecule has 5 nitrogen and oxygen atoms in total. The highest BCUT2D eigenvalue weighted by Gasteiger charge is 2.35. The predicted octanol–water partition coefficient (Wildman–Crippen LogP) is 2.99. The highest BCUT2D eigenvalue weighted by atomic mass is 32.1. The molecule has 0 saturated carbocycles. The van der Waals surface area contributed by atoms with Crippen LogP contribution in [0, 0.1) is 4.64 Å². The molecular weight excluding hydrogens is 293 g/mol. The largest absolute Gasteiger partial charge is 0.449 e. The van der Waals surface area contributed by atoms with E-state index in [4.69, 9.17) is 12.2 Å². The summed E-state index contributed by atoms with van der Waals surface area (Å²) in [6.45, 7) is 2.30. The van der Waals surface area contributed by atoms with Gasteiger partial charge in [0, 0.05) is 6.54 Å². The van der Waals surface area contributed by atoms with E-state index in [0.717, 1.165) is 12.8 Å². The standard InChI is InChI=1S/C11H13F3N4OS/c1-2-3-4-5-18-7-6(8(20)17-10(18)19)15-9(16-7)11(12,13)14/h2-5H2,1H3,(H,15,16)(H,17,19,20). The Morgan fingerprint density at radius 1 is 1.30 bits per heavy atom. The maximum absolute atomic E-state index is 12.7. The maximum atomic E-state index is 12.7. The second kappa shape index (κ2) is 5.39. The van der Waals surface area contributed by atoms with Gasteiger partial charge in [0.2, 0.25) is 5.82 Å². The number of nitrogens with zero attached hydrogens (tertiary/aromatic N) is 2. The third kappa shape index (κ3) is 2.77. The van der Waals surface area contributed by atoms with Gasteiger partial charge in [-0.25, -0.2) is 9.78 Å². The van der Waals surface area contributed by atoms with E-state index >= 15 is 0 Å². The van der Waals surface area contributed by atoms with E-state index < -0.39 is 17.7 Å². The number of imidazole rings is 1. The Morgan fingerprint density at radius 2 is 2.00 bits per heavy atom. The summed E-state index contributed by atoms with van der Waals surface area (Å²) in [5, 5.41) is 0. The normalized spacial score (nSPS) is 12.2. The lowest BCUT2D eigenvalue weighted by Gasteiger charge is -2.05. The van der Waals surface area contributed by atoms with E-state index in [-0.39, 0.29) is 15.8 Å². The van der Waals surface area contributed by atoms with E-state index in [1.807, 2.05) is 6.92 Å². The first kappa shape index (κ1) is 14.8. The van der Waals surface area contributed by atoms with Gasteiger partial charge >= 0.3 is 11.9 Å². The third-order valence-electron chi connectivity index (χ3n) is 2.89. The number of aryl methyl sites for hydroxylation is 1. The molecule has 0 fully saturated rings. The molecule has 2 rings (SSSR count). The smallest absolute Gasteiger partial charge is 0.331 e. The van der Waals surface area contributed by atoms with Gasteiger partial charge in [0.25, 0.3) is 0 Å². The Bertz CT molecular complexity index is 728. The molecule has 20 heavy (non-hydrogen) atoms. The van der Waals surface area contributed by atoms with Gasteiger partial charge in [-0.1, -0.05) is 32.0 Å². The van der Waals surface area contributed by atoms with Gasteiger partial charge in [-0.15, -0.1) is 0 Å². The van der Waals surface area contributed by atoms with Gasteiger partial charge in [0.15, 0.2) is 5.65 Å². The number of unbranched alkanes of at least 4 members (excludes halogenated alkanes) is 2. The molecule has 0 atom stereocenters. The minimum Gasteiger partial charge on any atom is -0.331 e. The Kier molecular flexibility index (Phi) is 3.98. The van der Waals surface area contributed by atoms with Gasteiger partial charge in [0.1, 0.15) is 10.2 Å². The molecule has 0 amide bonds. The Labute approximate surface area is 116 Å². The predicted molar refractivity (Wildman–Crippen MR) is 70.1 cm³/mol. The number of rotatable bonds is 4. The van der Waals surface area contributed by atoms with Crippen molar-refractivity contribution in [3.63, 3.8) is 0 Å². The number of hydrogen-bond donors (Lipinski definition) is 2. The summed E-state index contributed by atoms with van der Waals surface area (Å²) in [4.78, 5) is 19.8. The molecule has 2 aromatic heterocycles. The van der Waals surface area contributed by atoms with Gasteiger partial charge in [-0.2, -0.15) is 13.2 Å². The fourth-order valence-electron chi connectivity index (χ4n) is 1.90. The van der Waals surface area contributed by atoms with Gasteiger partial charge in [0.05, 0.1) is 0 Å². The molecule has 0 radical (unpaired) electrons. The molecule has 110 valence electrons. The first-order chi connectivity index (χ1) is 9.34. The van der Waals surface area contributed by atoms with E-state index in [2.05, 4.69) is 15.0 Å². The lowest BCUT2D eigenvalue weighted by atomic mass is 10.2. The van der Waals surface area contributed by atoms with Crippen LogP contribution in [0.3, 0.4) is 0 Å². The van der Waals surface area contributed by atoms with E-state index in [1.165, 1.54) is 4.57 Å². The monoisotopic (exact) mass is 306 g/mol. The number of halogens is 3. The average molecular weight is 306 g/mol. The van der Waals surface area contributed by atoms with Crippen LogP contribution in [0.1, 0.15) is 32.0 Å². The number of alkyl halides is 3. The summed E-state index contributed by atoms with van der Waals surface area (Å²) in [7, 11) is 0. The van der Waals surface area contributed by atoms with Crippen molar-refractivity contribution in [1.82, 2.24) is 19.5 Å². The minimum absolute atomic E-state index is 0.0309. The molecule has 0 aliphatic carbocycles. The van der Waals surface area contributed by atoms with Crippen LogP contribution < -0.4 is 5.69 Å². The van der Waals surface area contributed by atoms with Crippen LogP contribution in [-0.2, 0) is 12.7 Å². The van der Waals surface area contributed by atoms with Gasteiger partial charge < -0.3 is 4.98 Å². The molecule has 0 aliphatic rings. The molecule has 0 spiro atoms. The second-order valence-corrected chi connectivity index (χ2v) is 4.81. The van der Waals surface area contributed by atoms with Crippen molar-refractivity contribution in [3.05, 3.63) is 20.9 Å². The summed E-state index contributed by atoms with van der Waals surface area (Å²) in [5.74, 6) is -1.15. The second-order valence-electron chi connectivity index (χ2n) is 4.40. The highest BCUT2D eigenvalue weighted by Crippen LogP contribution is 2.28. The molecule has 0 aromatic carbocycles. The maximum Gasteiger partial charge on any atom is 0.449 e. The van der Waals surface area contributed by atoms with Crippen molar-refractivity contribution in [2.24, 2.45) is 0 Å². The van der Waals surface area contributed by atoms with Crippen LogP contribution in [0.25, 0.3) is 11.2 Å². The Morgan fingerprint density at radius 3 is 2.60 bits per heavy atom. The van der Waals surface area contributed by atoms with Crippen molar-refractivity contribution in [2.45, 2.75) is 38.9 Å². The zero-order valence-electron chi connectivity index (χ0n) is 10.7. The first-order valence-electron chi connectivity index (χ1n) is 6.14. The Balaban J connectivity index is 2.59. The summed E-state index contributed by atoms with van der Waals surface area (Å²) in [6.07, 6.45) is -2.11. The number of aromatic amines is 2. The summed E-state index contributed by atoms with van der Waals surface area (Å²) < 4.78 is 39.1. The molecule has 2 heterocycles. The fourth-order valence-corrected chi connectivity index (χ4v) is 2.13. The third-order valence-corrected chi connectivity index (χ3v) is 3.19. The first-order valence-corrected chi connectivity index (χ1v) is 6.55. The zero-order valence-corrected chi connectivity index (χ0v) is 11.5. The van der Waals surface area contributed by atoms with Crippen LogP contribution in [0.2, 0.25) is 0 Å². The van der Waals surface area contributed by atoms with E-state index in [0.29, 0.717) is 13.0 Å². The number of aromatic nitrogens is 4. The summed E-state index contributed by atoms with van der Waals surface area (Å²) >= 11 is 4.86. The van der Waals surface area contributed by atoms with Gasteiger partial charge in [-0.05, 0) is 6.42 Å². The quantitative estimate of drug-likeness (QED) is 0.674. The molecule has 9 heteroatoms. The molecular formula is C11H13F3N4OS. The van der Waals surface area contributed by atoms with Crippen LogP contribution in [-0.4, -0.2) is 19.5 Å². The lowest BCUT2D eigenvalue weighted by molar-refractivity contribution is -0.144. The van der Waals surface area contributed by atoms with Crippen molar-refractivity contribution >= 4 is 23.4 Å². The topological polar surface area (TPSA) is 66.5 Å². The average Bonchev–Trinajstić information content (AvgIpc) is 2.78. The van der Waals surface area contributed by atoms with E-state index in [9.17, 15) is 18.0 Å². The lowest BCUT2D eigenvalue weighted by Crippen LogP contribution is -2.23. The van der Waals surface area contributed by atoms with Crippen molar-refractivity contribution in [3.8, 4) is 0 Å². The molecule has 2 aromatic rings. The number of hydrogen-bond acceptors (Lipinski definition) is 3. The summed E-state index contributed by atoms with van der Waals surface area (Å²) in [5.41, 5.74) is -0.565. The van der Waals surface area contributed by atoms with Crippen LogP contribution >= 0.6 is 12.2 Å². The molecule has 0 unspecified atom stereocenters. The van der Waals surface area contributed by atoms with Crippen molar-refractivity contribution in [1.29, 1.82) is 0 Å². The zero-order chi connectivity index (χ0) is 14.9. The highest BCUT2D eigenvalue weighted by molar-refractivity contribution is 7.71. The van der Waals surface area contributed by atoms with Crippen LogP contribution in [0.15, 0.2) is 4.79 Å². The molecule has 0 bridgehead atoms. The van der Waals surface area contributed by atoms with Crippen LogP contribution in [0.5, 0.6) is 0 Å². The van der Waals surface area contributed by atoms with E-state index in [1.54, 1.807) is 0 Å². The number of nitrogens with one attached hydrogen (secondary N) is 2. The number of H-pyrrole nitrogens is 2. The SMILES string of the molecule is CCCCCn1c(=O)[nH]c(=S)c2[nH]c(C(F)(F)F)nc21. The number of fused-ring (bicyclic) bond motifs is 1. The minimum atomic E-state index is -4.61. The molecule has 0 aliphatic heterocycles. The summed E-state index contributed by atoms with van der Waals surface area (Å²) in [6, 6.07) is 0. The van der Waals surface area contributed by atoms with Gasteiger partial charge in [-0.3, -0.25) is 9.55 Å². The van der Waals surface area contributed by atoms with Crippen LogP contribution in [0.4, 0.5) is 13.2 Å². The fraction of sp³-hybridized carbons (Fsp3) is 0.545. The Hall–Kier alpha value is -1.64. The van der Waals surface area contributed by atoms with Crippen molar-refractivity contribution in [2.75, 3.05) is 0 Å².